The van der Waals surface area contributed by atoms with Crippen LogP contribution in [-0.2, 0) is 0 Å². The number of nitrogens with zero attached hydrogens (tertiary/aromatic N) is 2. The third-order valence-corrected chi connectivity index (χ3v) is 3.28. The largest absolute Gasteiger partial charge is 0.508 e. The Labute approximate surface area is 120 Å². The second kappa shape index (κ2) is 5.35. The smallest absolute Gasteiger partial charge is 0.247 e. The van der Waals surface area contributed by atoms with Gasteiger partial charge in [-0.1, -0.05) is 36.4 Å². The number of aromatic nitrogens is 2. The van der Waals surface area contributed by atoms with Gasteiger partial charge in [0.2, 0.25) is 11.8 Å². The van der Waals surface area contributed by atoms with Crippen molar-refractivity contribution >= 4 is 11.6 Å². The van der Waals surface area contributed by atoms with Crippen LogP contribution >= 0.6 is 11.6 Å². The fourth-order valence-electron chi connectivity index (χ4n) is 1.86. The highest BCUT2D eigenvalue weighted by Gasteiger charge is 2.18. The van der Waals surface area contributed by atoms with Crippen molar-refractivity contribution in [2.24, 2.45) is 0 Å². The molecule has 3 aromatic rings. The summed E-state index contributed by atoms with van der Waals surface area (Å²) in [5.41, 5.74) is 1.54. The van der Waals surface area contributed by atoms with Gasteiger partial charge >= 0.3 is 0 Å². The van der Waals surface area contributed by atoms with Crippen molar-refractivity contribution in [1.82, 2.24) is 10.2 Å². The fraction of sp³-hybridized carbons (Fsp3) is 0.0667. The van der Waals surface area contributed by atoms with Gasteiger partial charge < -0.3 is 9.52 Å². The Hall–Kier alpha value is -2.33. The van der Waals surface area contributed by atoms with Gasteiger partial charge in [-0.25, -0.2) is 0 Å². The van der Waals surface area contributed by atoms with Gasteiger partial charge in [-0.3, -0.25) is 0 Å². The van der Waals surface area contributed by atoms with Crippen LogP contribution in [0.5, 0.6) is 5.75 Å². The lowest BCUT2D eigenvalue weighted by molar-refractivity contribution is 0.474. The molecule has 0 saturated heterocycles. The van der Waals surface area contributed by atoms with Gasteiger partial charge in [0.15, 0.2) is 0 Å². The van der Waals surface area contributed by atoms with Crippen LogP contribution in [0.2, 0.25) is 0 Å². The van der Waals surface area contributed by atoms with Crippen molar-refractivity contribution in [2.75, 3.05) is 0 Å². The number of phenols is 1. The number of hydrogen-bond donors (Lipinski definition) is 1. The molecule has 1 N–H and O–H groups in total. The molecule has 2 aromatic carbocycles. The molecule has 0 amide bonds. The van der Waals surface area contributed by atoms with Gasteiger partial charge in [-0.05, 0) is 23.8 Å². The molecule has 1 atom stereocenters. The molecule has 5 heteroatoms. The minimum absolute atomic E-state index is 0.146. The molecule has 0 aliphatic carbocycles. The second-order valence-electron chi connectivity index (χ2n) is 4.27. The van der Waals surface area contributed by atoms with Crippen LogP contribution in [0.3, 0.4) is 0 Å². The monoisotopic (exact) mass is 286 g/mol. The Morgan fingerprint density at radius 2 is 1.80 bits per heavy atom. The van der Waals surface area contributed by atoms with Gasteiger partial charge in [0, 0.05) is 5.56 Å². The summed E-state index contributed by atoms with van der Waals surface area (Å²) >= 11 is 6.32. The average Bonchev–Trinajstić information content (AvgIpc) is 2.97. The van der Waals surface area contributed by atoms with Gasteiger partial charge in [-0.15, -0.1) is 21.8 Å². The predicted octanol–water partition coefficient (Wildman–Crippen LogP) is 3.77. The summed E-state index contributed by atoms with van der Waals surface area (Å²) in [6.45, 7) is 0. The molecule has 1 heterocycles. The average molecular weight is 287 g/mol. The van der Waals surface area contributed by atoms with Crippen LogP contribution in [-0.4, -0.2) is 15.3 Å². The predicted molar refractivity (Wildman–Crippen MR) is 75.5 cm³/mol. The second-order valence-corrected chi connectivity index (χ2v) is 4.71. The summed E-state index contributed by atoms with van der Waals surface area (Å²) < 4.78 is 5.58. The highest BCUT2D eigenvalue weighted by atomic mass is 35.5. The number of hydrogen-bond acceptors (Lipinski definition) is 4. The number of halogens is 1. The molecular weight excluding hydrogens is 276 g/mol. The molecule has 0 aliphatic heterocycles. The number of alkyl halides is 1. The van der Waals surface area contributed by atoms with Crippen LogP contribution in [0.4, 0.5) is 0 Å². The molecule has 0 bridgehead atoms. The van der Waals surface area contributed by atoms with Gasteiger partial charge in [-0.2, -0.15) is 0 Å². The highest BCUT2D eigenvalue weighted by molar-refractivity contribution is 6.22. The number of rotatable bonds is 3. The van der Waals surface area contributed by atoms with E-state index in [-0.39, 0.29) is 5.75 Å². The zero-order valence-electron chi connectivity index (χ0n) is 10.4. The quantitative estimate of drug-likeness (QED) is 0.745. The van der Waals surface area contributed by atoms with Gasteiger partial charge in [0.25, 0.3) is 0 Å². The van der Waals surface area contributed by atoms with E-state index in [1.54, 1.807) is 24.3 Å². The van der Waals surface area contributed by atoms with Crippen molar-refractivity contribution in [3.05, 3.63) is 66.1 Å². The van der Waals surface area contributed by atoms with Crippen LogP contribution in [0, 0.1) is 0 Å². The molecule has 1 unspecified atom stereocenters. The normalized spacial score (nSPS) is 12.2. The lowest BCUT2D eigenvalue weighted by atomic mass is 10.1. The lowest BCUT2D eigenvalue weighted by Gasteiger charge is -2.03. The standard InChI is InChI=1S/C15H11ClN2O2/c16-13(10-5-2-1-3-6-10)15-18-17-14(20-15)11-7-4-8-12(19)9-11/h1-9,13,19H. The molecule has 1 aromatic heterocycles. The molecule has 20 heavy (non-hydrogen) atoms. The van der Waals surface area contributed by atoms with Crippen molar-refractivity contribution in [1.29, 1.82) is 0 Å². The first-order valence-corrected chi connectivity index (χ1v) is 6.49. The summed E-state index contributed by atoms with van der Waals surface area (Å²) in [5, 5.41) is 16.9. The van der Waals surface area contributed by atoms with Crippen LogP contribution in [0.25, 0.3) is 11.5 Å². The van der Waals surface area contributed by atoms with E-state index < -0.39 is 5.38 Å². The van der Waals surface area contributed by atoms with E-state index in [0.717, 1.165) is 5.56 Å². The zero-order chi connectivity index (χ0) is 13.9. The third kappa shape index (κ3) is 2.51. The molecule has 4 nitrogen and oxygen atoms in total. The third-order valence-electron chi connectivity index (χ3n) is 2.84. The van der Waals surface area contributed by atoms with E-state index in [0.29, 0.717) is 17.3 Å². The Bertz CT molecular complexity index is 713. The van der Waals surface area contributed by atoms with Crippen LogP contribution in [0.15, 0.2) is 59.0 Å². The number of phenolic OH excluding ortho intramolecular Hbond substituents is 1. The Kier molecular flexibility index (Phi) is 3.39. The molecule has 0 saturated carbocycles. The topological polar surface area (TPSA) is 59.2 Å². The van der Waals surface area contributed by atoms with E-state index in [2.05, 4.69) is 10.2 Å². The molecule has 3 rings (SSSR count). The van der Waals surface area contributed by atoms with E-state index in [4.69, 9.17) is 16.0 Å². The summed E-state index contributed by atoms with van der Waals surface area (Å²) in [6, 6.07) is 16.1. The number of aromatic hydroxyl groups is 1. The highest BCUT2D eigenvalue weighted by Crippen LogP contribution is 2.30. The van der Waals surface area contributed by atoms with Crippen molar-refractivity contribution in [3.63, 3.8) is 0 Å². The molecule has 0 spiro atoms. The maximum absolute atomic E-state index is 9.45. The van der Waals surface area contributed by atoms with Crippen molar-refractivity contribution < 1.29 is 9.52 Å². The summed E-state index contributed by atoms with van der Waals surface area (Å²) in [6.07, 6.45) is 0. The fourth-order valence-corrected chi connectivity index (χ4v) is 2.09. The van der Waals surface area contributed by atoms with Crippen LogP contribution in [0.1, 0.15) is 16.8 Å². The molecule has 0 aliphatic rings. The molecule has 100 valence electrons. The number of benzene rings is 2. The van der Waals surface area contributed by atoms with E-state index in [1.165, 1.54) is 0 Å². The SMILES string of the molecule is Oc1cccc(-c2nnc(C(Cl)c3ccccc3)o2)c1. The minimum Gasteiger partial charge on any atom is -0.508 e. The molecular formula is C15H11ClN2O2. The van der Waals surface area contributed by atoms with E-state index in [1.807, 2.05) is 30.3 Å². The maximum atomic E-state index is 9.45. The van der Waals surface area contributed by atoms with E-state index >= 15 is 0 Å². The van der Waals surface area contributed by atoms with Gasteiger partial charge in [0.1, 0.15) is 11.1 Å². The van der Waals surface area contributed by atoms with E-state index in [9.17, 15) is 5.11 Å². The Balaban J connectivity index is 1.91. The Morgan fingerprint density at radius 1 is 1.00 bits per heavy atom. The van der Waals surface area contributed by atoms with Crippen molar-refractivity contribution in [3.8, 4) is 17.2 Å². The maximum Gasteiger partial charge on any atom is 0.247 e. The first kappa shape index (κ1) is 12.7. The summed E-state index contributed by atoms with van der Waals surface area (Å²) in [7, 11) is 0. The summed E-state index contributed by atoms with van der Waals surface area (Å²) in [5.74, 6) is 0.807. The molecule has 0 radical (unpaired) electrons. The first-order chi connectivity index (χ1) is 9.74. The summed E-state index contributed by atoms with van der Waals surface area (Å²) in [4.78, 5) is 0. The zero-order valence-corrected chi connectivity index (χ0v) is 11.2. The Morgan fingerprint density at radius 3 is 2.55 bits per heavy atom. The van der Waals surface area contributed by atoms with Crippen molar-refractivity contribution in [2.45, 2.75) is 5.38 Å². The first-order valence-electron chi connectivity index (χ1n) is 6.06. The molecule has 0 fully saturated rings. The minimum atomic E-state index is -0.491. The van der Waals surface area contributed by atoms with Gasteiger partial charge in [0.05, 0.1) is 0 Å². The lowest BCUT2D eigenvalue weighted by Crippen LogP contribution is -1.92. The van der Waals surface area contributed by atoms with Crippen LogP contribution < -0.4 is 0 Å².